The molecule has 0 aliphatic rings. The Kier molecular flexibility index (Phi) is 5.08. The monoisotopic (exact) mass is 285 g/mol. The Morgan fingerprint density at radius 2 is 2.17 bits per heavy atom. The molecule has 4 heteroatoms. The van der Waals surface area contributed by atoms with Gasteiger partial charge in [-0.2, -0.15) is 0 Å². The van der Waals surface area contributed by atoms with Gasteiger partial charge in [-0.1, -0.05) is 29.5 Å². The number of esters is 1. The predicted octanol–water partition coefficient (Wildman–Crippen LogP) is 1.35. The van der Waals surface area contributed by atoms with Crippen LogP contribution in [0, 0.1) is 0 Å². The Morgan fingerprint density at radius 3 is 2.50 bits per heavy atom. The van der Waals surface area contributed by atoms with Crippen molar-refractivity contribution in [1.29, 1.82) is 0 Å². The summed E-state index contributed by atoms with van der Waals surface area (Å²) in [7, 11) is 1.74. The van der Waals surface area contributed by atoms with Gasteiger partial charge in [-0.25, -0.2) is 0 Å². The van der Waals surface area contributed by atoms with E-state index in [9.17, 15) is 4.79 Å². The van der Waals surface area contributed by atoms with Crippen LogP contribution in [0.1, 0.15) is 20.8 Å². The lowest BCUT2D eigenvalue weighted by molar-refractivity contribution is -0.149. The van der Waals surface area contributed by atoms with Crippen LogP contribution in [-0.2, 0) is 9.53 Å². The minimum Gasteiger partial charge on any atom is -0.463 e. The number of rotatable bonds is 4. The molecule has 0 aromatic carbocycles. The fourth-order valence-corrected chi connectivity index (χ4v) is 0.653. The largest absolute Gasteiger partial charge is 0.463 e. The van der Waals surface area contributed by atoms with Gasteiger partial charge in [0, 0.05) is 3.92 Å². The third-order valence-electron chi connectivity index (χ3n) is 1.58. The average Bonchev–Trinajstić information content (AvgIpc) is 2.00. The van der Waals surface area contributed by atoms with Crippen LogP contribution in [0.15, 0.2) is 0 Å². The molecule has 0 aromatic rings. The predicted molar refractivity (Wildman–Crippen MR) is 57.6 cm³/mol. The Morgan fingerprint density at radius 1 is 1.67 bits per heavy atom. The molecule has 12 heavy (non-hydrogen) atoms. The summed E-state index contributed by atoms with van der Waals surface area (Å²) in [6, 6.07) is 0. The maximum atomic E-state index is 11.3. The molecule has 0 heterocycles. The van der Waals surface area contributed by atoms with Crippen LogP contribution in [-0.4, -0.2) is 29.1 Å². The van der Waals surface area contributed by atoms with Crippen LogP contribution >= 0.6 is 22.6 Å². The van der Waals surface area contributed by atoms with Crippen LogP contribution in [0.4, 0.5) is 0 Å². The van der Waals surface area contributed by atoms with E-state index in [1.54, 1.807) is 20.9 Å². The molecule has 0 aromatic heterocycles. The normalized spacial score (nSPS) is 14.1. The Hall–Kier alpha value is 0.160. The quantitative estimate of drug-likeness (QED) is 0.481. The van der Waals surface area contributed by atoms with Gasteiger partial charge >= 0.3 is 5.97 Å². The first kappa shape index (κ1) is 12.2. The summed E-state index contributed by atoms with van der Waals surface area (Å²) in [5.74, 6) is -0.200. The van der Waals surface area contributed by atoms with Gasteiger partial charge in [0.1, 0.15) is 12.1 Å². The number of carbonyl (C=O) groups excluding carboxylic acids is 1. The molecule has 72 valence electrons. The summed E-state index contributed by atoms with van der Waals surface area (Å²) in [6.07, 6.45) is 0. The van der Waals surface area contributed by atoms with E-state index >= 15 is 0 Å². The molecule has 1 unspecified atom stereocenters. The Balaban J connectivity index is 3.88. The van der Waals surface area contributed by atoms with Gasteiger partial charge < -0.3 is 10.1 Å². The number of carbonyl (C=O) groups is 1. The molecule has 1 atom stereocenters. The van der Waals surface area contributed by atoms with Crippen molar-refractivity contribution >= 4 is 28.6 Å². The van der Waals surface area contributed by atoms with Gasteiger partial charge in [0.05, 0.1) is 0 Å². The molecule has 0 bridgehead atoms. The van der Waals surface area contributed by atoms with Crippen molar-refractivity contribution in [3.8, 4) is 0 Å². The molecule has 0 fully saturated rings. The number of likely N-dealkylation sites (N-methyl/N-ethyl adjacent to an activating group) is 1. The van der Waals surface area contributed by atoms with Crippen molar-refractivity contribution in [3.05, 3.63) is 0 Å². The summed E-state index contributed by atoms with van der Waals surface area (Å²) in [6.45, 7) is 6.07. The van der Waals surface area contributed by atoms with Crippen molar-refractivity contribution in [2.75, 3.05) is 13.7 Å². The van der Waals surface area contributed by atoms with Gasteiger partial charge in [0.25, 0.3) is 0 Å². The Labute approximate surface area is 87.4 Å². The van der Waals surface area contributed by atoms with Crippen molar-refractivity contribution < 1.29 is 9.53 Å². The number of nitrogens with one attached hydrogen (secondary N) is 1. The van der Waals surface area contributed by atoms with E-state index in [-0.39, 0.29) is 5.97 Å². The average molecular weight is 285 g/mol. The van der Waals surface area contributed by atoms with E-state index in [0.717, 1.165) is 0 Å². The smallest absolute Gasteiger partial charge is 0.325 e. The van der Waals surface area contributed by atoms with Gasteiger partial charge in [-0.15, -0.1) is 0 Å². The van der Waals surface area contributed by atoms with Crippen molar-refractivity contribution in [3.63, 3.8) is 0 Å². The standard InChI is InChI=1S/C8H16INO2/c1-6(9)5-12-7(11)8(2,3)10-4/h6,10H,5H2,1-4H3. The molecule has 0 saturated carbocycles. The molecule has 0 rings (SSSR count). The number of hydrogen-bond donors (Lipinski definition) is 1. The van der Waals surface area contributed by atoms with Crippen LogP contribution in [0.3, 0.4) is 0 Å². The first-order valence-corrected chi connectivity index (χ1v) is 5.15. The van der Waals surface area contributed by atoms with Crippen molar-refractivity contribution in [2.24, 2.45) is 0 Å². The zero-order chi connectivity index (χ0) is 9.78. The number of hydrogen-bond acceptors (Lipinski definition) is 3. The van der Waals surface area contributed by atoms with E-state index in [0.29, 0.717) is 10.5 Å². The second-order valence-corrected chi connectivity index (χ2v) is 5.38. The molecule has 0 saturated heterocycles. The molecule has 0 aliphatic carbocycles. The molecule has 0 aliphatic heterocycles. The van der Waals surface area contributed by atoms with Gasteiger partial charge in [-0.05, 0) is 20.9 Å². The molecular formula is C8H16INO2. The van der Waals surface area contributed by atoms with Gasteiger partial charge in [0.2, 0.25) is 0 Å². The zero-order valence-corrected chi connectivity index (χ0v) is 10.1. The number of alkyl halides is 1. The maximum Gasteiger partial charge on any atom is 0.325 e. The van der Waals surface area contributed by atoms with Gasteiger partial charge in [-0.3, -0.25) is 4.79 Å². The summed E-state index contributed by atoms with van der Waals surface area (Å²) >= 11 is 2.22. The fraction of sp³-hybridized carbons (Fsp3) is 0.875. The van der Waals surface area contributed by atoms with E-state index in [4.69, 9.17) is 4.74 Å². The highest BCUT2D eigenvalue weighted by atomic mass is 127. The first-order valence-electron chi connectivity index (χ1n) is 3.90. The van der Waals surface area contributed by atoms with Gasteiger partial charge in [0.15, 0.2) is 0 Å². The second-order valence-electron chi connectivity index (χ2n) is 3.25. The van der Waals surface area contributed by atoms with Crippen molar-refractivity contribution in [2.45, 2.75) is 30.2 Å². The highest BCUT2D eigenvalue weighted by Crippen LogP contribution is 2.06. The zero-order valence-electron chi connectivity index (χ0n) is 7.98. The van der Waals surface area contributed by atoms with E-state index in [1.807, 2.05) is 6.92 Å². The van der Waals surface area contributed by atoms with Crippen LogP contribution in [0.2, 0.25) is 0 Å². The molecule has 0 radical (unpaired) electrons. The highest BCUT2D eigenvalue weighted by molar-refractivity contribution is 14.1. The minimum absolute atomic E-state index is 0.200. The van der Waals surface area contributed by atoms with Crippen molar-refractivity contribution in [1.82, 2.24) is 5.32 Å². The van der Waals surface area contributed by atoms with Crippen LogP contribution in [0.25, 0.3) is 0 Å². The highest BCUT2D eigenvalue weighted by Gasteiger charge is 2.26. The second kappa shape index (κ2) is 5.01. The molecular weight excluding hydrogens is 269 g/mol. The van der Waals surface area contributed by atoms with Crippen LogP contribution in [0.5, 0.6) is 0 Å². The topological polar surface area (TPSA) is 38.3 Å². The number of ether oxygens (including phenoxy) is 1. The lowest BCUT2D eigenvalue weighted by Gasteiger charge is -2.21. The molecule has 1 N–H and O–H groups in total. The summed E-state index contributed by atoms with van der Waals surface area (Å²) in [4.78, 5) is 11.3. The van der Waals surface area contributed by atoms with Crippen LogP contribution < -0.4 is 5.32 Å². The molecule has 0 spiro atoms. The lowest BCUT2D eigenvalue weighted by Crippen LogP contribution is -2.46. The third-order valence-corrected chi connectivity index (χ3v) is 1.94. The summed E-state index contributed by atoms with van der Waals surface area (Å²) < 4.78 is 5.41. The third kappa shape index (κ3) is 4.25. The molecule has 0 amide bonds. The fourth-order valence-electron chi connectivity index (χ4n) is 0.473. The summed E-state index contributed by atoms with van der Waals surface area (Å²) in [5, 5.41) is 2.89. The van der Waals surface area contributed by atoms with E-state index in [1.165, 1.54) is 0 Å². The Bertz CT molecular complexity index is 157. The van der Waals surface area contributed by atoms with E-state index < -0.39 is 5.54 Å². The van der Waals surface area contributed by atoms with E-state index in [2.05, 4.69) is 27.9 Å². The SMILES string of the molecule is CNC(C)(C)C(=O)OCC(C)I. The number of halogens is 1. The minimum atomic E-state index is -0.578. The maximum absolute atomic E-state index is 11.3. The molecule has 3 nitrogen and oxygen atoms in total. The lowest BCUT2D eigenvalue weighted by atomic mass is 10.1. The first-order chi connectivity index (χ1) is 5.40. The summed E-state index contributed by atoms with van der Waals surface area (Å²) in [5.41, 5.74) is -0.578.